The van der Waals surface area contributed by atoms with Crippen LogP contribution in [0.1, 0.15) is 48.3 Å². The standard InChI is InChI=1S/C23H28F2N2O3S/c1-26-21-13-16-12-20(25)22(30-9-8-23(6-3-7-23)27-31(28)29)14-18(16)19(21)11-15-4-2-5-17(24)10-15/h2,4-5,10,12,14,19,21,26,31H,3,6-9,11,13H2,1H3,(H,27,28,29). The average Bonchev–Trinajstić information content (AvgIpc) is 3.02. The van der Waals surface area contributed by atoms with Gasteiger partial charge >= 0.3 is 0 Å². The van der Waals surface area contributed by atoms with Gasteiger partial charge in [0, 0.05) is 23.9 Å². The van der Waals surface area contributed by atoms with E-state index >= 15 is 0 Å². The summed E-state index contributed by atoms with van der Waals surface area (Å²) in [5, 5.41) is 3.31. The van der Waals surface area contributed by atoms with Crippen LogP contribution < -0.4 is 14.8 Å². The highest BCUT2D eigenvalue weighted by Crippen LogP contribution is 2.40. The summed E-state index contributed by atoms with van der Waals surface area (Å²) in [6, 6.07) is 10.00. The Balaban J connectivity index is 1.50. The molecular weight excluding hydrogens is 422 g/mol. The molecule has 0 aliphatic heterocycles. The van der Waals surface area contributed by atoms with Gasteiger partial charge in [0.2, 0.25) is 10.9 Å². The molecule has 2 aliphatic rings. The molecular formula is C23H28F2N2O3S. The SMILES string of the molecule is CNC1Cc2cc(F)c(OCCC3(N[SH](=O)=O)CCC3)cc2C1Cc1cccc(F)c1. The van der Waals surface area contributed by atoms with Crippen molar-refractivity contribution in [2.75, 3.05) is 13.7 Å². The van der Waals surface area contributed by atoms with Gasteiger partial charge in [-0.3, -0.25) is 0 Å². The van der Waals surface area contributed by atoms with Gasteiger partial charge in [-0.2, -0.15) is 0 Å². The van der Waals surface area contributed by atoms with Crippen LogP contribution in [0.25, 0.3) is 0 Å². The number of rotatable bonds is 9. The zero-order valence-corrected chi connectivity index (χ0v) is 18.4. The number of fused-ring (bicyclic) bond motifs is 1. The molecule has 1 fully saturated rings. The van der Waals surface area contributed by atoms with Crippen molar-refractivity contribution in [1.29, 1.82) is 0 Å². The van der Waals surface area contributed by atoms with Crippen LogP contribution in [-0.4, -0.2) is 33.7 Å². The molecule has 2 aromatic carbocycles. The molecule has 0 radical (unpaired) electrons. The van der Waals surface area contributed by atoms with E-state index in [0.29, 0.717) is 19.3 Å². The Bertz CT molecular complexity index is 1020. The Kier molecular flexibility index (Phi) is 6.60. The van der Waals surface area contributed by atoms with Crippen LogP contribution in [0.15, 0.2) is 36.4 Å². The molecule has 1 saturated carbocycles. The van der Waals surface area contributed by atoms with Crippen LogP contribution in [0.5, 0.6) is 5.75 Å². The molecule has 8 heteroatoms. The van der Waals surface area contributed by atoms with Gasteiger partial charge < -0.3 is 10.1 Å². The van der Waals surface area contributed by atoms with Crippen molar-refractivity contribution in [3.8, 4) is 5.75 Å². The maximum absolute atomic E-state index is 14.7. The monoisotopic (exact) mass is 450 g/mol. The van der Waals surface area contributed by atoms with E-state index in [4.69, 9.17) is 4.74 Å². The van der Waals surface area contributed by atoms with Crippen LogP contribution in [0.2, 0.25) is 0 Å². The second-order valence-corrected chi connectivity index (χ2v) is 9.36. The van der Waals surface area contributed by atoms with Gasteiger partial charge in [-0.15, -0.1) is 0 Å². The largest absolute Gasteiger partial charge is 0.490 e. The summed E-state index contributed by atoms with van der Waals surface area (Å²) in [7, 11) is -0.793. The molecule has 31 heavy (non-hydrogen) atoms. The summed E-state index contributed by atoms with van der Waals surface area (Å²) < 4.78 is 58.9. The number of likely N-dealkylation sites (N-methyl/N-ethyl adjacent to an activating group) is 1. The molecule has 168 valence electrons. The van der Waals surface area contributed by atoms with Crippen molar-refractivity contribution in [2.45, 2.75) is 56.0 Å². The summed E-state index contributed by atoms with van der Waals surface area (Å²) in [6.45, 7) is 0.232. The lowest BCUT2D eigenvalue weighted by molar-refractivity contribution is 0.163. The Hall–Kier alpha value is -2.03. The minimum Gasteiger partial charge on any atom is -0.490 e. The van der Waals surface area contributed by atoms with Crippen LogP contribution >= 0.6 is 0 Å². The highest BCUT2D eigenvalue weighted by molar-refractivity contribution is 7.70. The van der Waals surface area contributed by atoms with Crippen LogP contribution in [-0.2, 0) is 23.7 Å². The summed E-state index contributed by atoms with van der Waals surface area (Å²) in [5.41, 5.74) is 2.39. The Morgan fingerprint density at radius 1 is 1.19 bits per heavy atom. The quantitative estimate of drug-likeness (QED) is 0.513. The van der Waals surface area contributed by atoms with Gasteiger partial charge in [0.1, 0.15) is 5.82 Å². The van der Waals surface area contributed by atoms with E-state index in [9.17, 15) is 17.2 Å². The molecule has 2 aliphatic carbocycles. The highest BCUT2D eigenvalue weighted by atomic mass is 32.2. The zero-order valence-electron chi connectivity index (χ0n) is 17.5. The van der Waals surface area contributed by atoms with E-state index in [1.165, 1.54) is 18.2 Å². The van der Waals surface area contributed by atoms with E-state index in [-0.39, 0.29) is 30.1 Å². The van der Waals surface area contributed by atoms with Gasteiger partial charge in [-0.1, -0.05) is 12.1 Å². The third kappa shape index (κ3) is 4.91. The molecule has 2 unspecified atom stereocenters. The summed E-state index contributed by atoms with van der Waals surface area (Å²) in [6.07, 6.45) is 4.35. The molecule has 0 amide bonds. The van der Waals surface area contributed by atoms with Gasteiger partial charge in [0.25, 0.3) is 0 Å². The van der Waals surface area contributed by atoms with E-state index < -0.39 is 22.2 Å². The van der Waals surface area contributed by atoms with Gasteiger partial charge in [0.05, 0.1) is 6.61 Å². The average molecular weight is 451 g/mol. The maximum atomic E-state index is 14.7. The maximum Gasteiger partial charge on any atom is 0.201 e. The molecule has 2 atom stereocenters. The fraction of sp³-hybridized carbons (Fsp3) is 0.478. The number of halogens is 2. The third-order valence-electron chi connectivity index (χ3n) is 6.71. The smallest absolute Gasteiger partial charge is 0.201 e. The van der Waals surface area contributed by atoms with E-state index in [2.05, 4.69) is 10.0 Å². The van der Waals surface area contributed by atoms with Gasteiger partial charge in [-0.05, 0) is 80.1 Å². The lowest BCUT2D eigenvalue weighted by Gasteiger charge is -2.40. The first kappa shape index (κ1) is 22.2. The number of thiol groups is 1. The molecule has 5 nitrogen and oxygen atoms in total. The molecule has 4 rings (SSSR count). The first-order valence-corrected chi connectivity index (χ1v) is 11.9. The first-order chi connectivity index (χ1) is 14.9. The lowest BCUT2D eigenvalue weighted by atomic mass is 9.75. The van der Waals surface area contributed by atoms with Crippen molar-refractivity contribution in [1.82, 2.24) is 10.0 Å². The summed E-state index contributed by atoms with van der Waals surface area (Å²) in [4.78, 5) is 0. The second-order valence-electron chi connectivity index (χ2n) is 8.62. The van der Waals surface area contributed by atoms with E-state index in [1.54, 1.807) is 12.1 Å². The predicted octanol–water partition coefficient (Wildman–Crippen LogP) is 3.24. The van der Waals surface area contributed by atoms with Gasteiger partial charge in [-0.25, -0.2) is 21.9 Å². The van der Waals surface area contributed by atoms with Crippen molar-refractivity contribution in [2.24, 2.45) is 0 Å². The normalized spacial score (nSPS) is 21.7. The fourth-order valence-corrected chi connectivity index (χ4v) is 5.61. The zero-order chi connectivity index (χ0) is 22.0. The number of hydrogen-bond acceptors (Lipinski definition) is 4. The van der Waals surface area contributed by atoms with E-state index in [0.717, 1.165) is 36.0 Å². The van der Waals surface area contributed by atoms with Crippen molar-refractivity contribution < 1.29 is 21.9 Å². The number of benzene rings is 2. The van der Waals surface area contributed by atoms with Crippen LogP contribution in [0.3, 0.4) is 0 Å². The topological polar surface area (TPSA) is 67.4 Å². The number of nitrogens with one attached hydrogen (secondary N) is 2. The van der Waals surface area contributed by atoms with Crippen molar-refractivity contribution >= 4 is 10.9 Å². The number of ether oxygens (including phenoxy) is 1. The van der Waals surface area contributed by atoms with Crippen molar-refractivity contribution in [3.05, 3.63) is 64.7 Å². The molecule has 0 aromatic heterocycles. The minimum absolute atomic E-state index is 0.0777. The van der Waals surface area contributed by atoms with Gasteiger partial charge in [0.15, 0.2) is 11.6 Å². The molecule has 0 bridgehead atoms. The first-order valence-electron chi connectivity index (χ1n) is 10.7. The second kappa shape index (κ2) is 9.22. The Morgan fingerprint density at radius 3 is 2.65 bits per heavy atom. The molecule has 2 N–H and O–H groups in total. The van der Waals surface area contributed by atoms with E-state index in [1.807, 2.05) is 13.1 Å². The fourth-order valence-electron chi connectivity index (χ4n) is 4.88. The molecule has 0 spiro atoms. The van der Waals surface area contributed by atoms with Crippen molar-refractivity contribution in [3.63, 3.8) is 0 Å². The molecule has 0 saturated heterocycles. The Labute approximate surface area is 183 Å². The predicted molar refractivity (Wildman–Crippen MR) is 116 cm³/mol. The number of hydrogen-bond donors (Lipinski definition) is 3. The minimum atomic E-state index is -2.68. The third-order valence-corrected chi connectivity index (χ3v) is 7.37. The molecule has 2 aromatic rings. The summed E-state index contributed by atoms with van der Waals surface area (Å²) >= 11 is 0. The highest BCUT2D eigenvalue weighted by Gasteiger charge is 2.37. The van der Waals surface area contributed by atoms with Crippen LogP contribution in [0, 0.1) is 11.6 Å². The molecule has 0 heterocycles. The summed E-state index contributed by atoms with van der Waals surface area (Å²) in [5.74, 6) is -0.418. The Morgan fingerprint density at radius 2 is 2.00 bits per heavy atom. The lowest BCUT2D eigenvalue weighted by Crippen LogP contribution is -2.51. The van der Waals surface area contributed by atoms with Crippen LogP contribution in [0.4, 0.5) is 8.78 Å².